The monoisotopic (exact) mass is 498 g/mol. The van der Waals surface area contributed by atoms with Gasteiger partial charge in [-0.05, 0) is 11.1 Å². The molecule has 2 heterocycles. The van der Waals surface area contributed by atoms with Gasteiger partial charge in [0.2, 0.25) is 5.95 Å². The number of hydrogen-bond acceptors (Lipinski definition) is 5. The zero-order valence-electron chi connectivity index (χ0n) is 19.9. The fourth-order valence-electron chi connectivity index (χ4n) is 4.05. The molecule has 0 aliphatic rings. The van der Waals surface area contributed by atoms with Crippen molar-refractivity contribution in [1.29, 1.82) is 0 Å². The Kier molecular flexibility index (Phi) is 8.86. The number of benzene rings is 2. The number of rotatable bonds is 10. The van der Waals surface area contributed by atoms with Gasteiger partial charge < -0.3 is 32.7 Å². The van der Waals surface area contributed by atoms with E-state index in [1.807, 2.05) is 48.5 Å². The van der Waals surface area contributed by atoms with Gasteiger partial charge in [-0.2, -0.15) is 4.98 Å². The number of halogens is 1. The van der Waals surface area contributed by atoms with E-state index in [1.54, 1.807) is 11.6 Å². The van der Waals surface area contributed by atoms with E-state index in [0.717, 1.165) is 23.1 Å². The van der Waals surface area contributed by atoms with Crippen molar-refractivity contribution in [1.82, 2.24) is 18.7 Å². The number of anilines is 1. The highest BCUT2D eigenvalue weighted by molar-refractivity contribution is 5.74. The Labute approximate surface area is 209 Å². The van der Waals surface area contributed by atoms with Crippen LogP contribution < -0.4 is 34.3 Å². The standard InChI is InChI=1S/C25H30N6O3.ClH/c1-29-22-21(23(33)30(2)25(29)34)31(24(28-22)27-15-19-11-7-4-8-12-19)17-20(32)16-26-14-13-18-9-5-3-6-10-18;/h3-12,20,26,32H,13-17H2,1-2H3,(H,27,28);1H. The van der Waals surface area contributed by atoms with Gasteiger partial charge in [0.05, 0.1) is 13.1 Å². The predicted octanol–water partition coefficient (Wildman–Crippen LogP) is -2.78. The summed E-state index contributed by atoms with van der Waals surface area (Å²) >= 11 is 0. The third-order valence-electron chi connectivity index (χ3n) is 5.95. The fraction of sp³-hybridized carbons (Fsp3) is 0.320. The van der Waals surface area contributed by atoms with Crippen molar-refractivity contribution in [2.45, 2.75) is 25.6 Å². The van der Waals surface area contributed by atoms with E-state index in [9.17, 15) is 14.7 Å². The molecule has 10 heteroatoms. The van der Waals surface area contributed by atoms with Crippen LogP contribution in [0.25, 0.3) is 11.2 Å². The quantitative estimate of drug-likeness (QED) is 0.205. The second-order valence-electron chi connectivity index (χ2n) is 8.47. The van der Waals surface area contributed by atoms with Gasteiger partial charge in [0.25, 0.3) is 5.56 Å². The van der Waals surface area contributed by atoms with Gasteiger partial charge in [-0.15, -0.1) is 0 Å². The zero-order chi connectivity index (χ0) is 24.1. The highest BCUT2D eigenvalue weighted by atomic mass is 35.5. The highest BCUT2D eigenvalue weighted by Gasteiger charge is 2.21. The lowest BCUT2D eigenvalue weighted by Crippen LogP contribution is -3.00. The molecule has 186 valence electrons. The van der Waals surface area contributed by atoms with E-state index in [-0.39, 0.29) is 19.0 Å². The summed E-state index contributed by atoms with van der Waals surface area (Å²) in [5, 5.41) is 16.1. The van der Waals surface area contributed by atoms with Crippen LogP contribution in [-0.2, 0) is 33.6 Å². The first-order valence-electron chi connectivity index (χ1n) is 11.4. The summed E-state index contributed by atoms with van der Waals surface area (Å²) in [7, 11) is 3.04. The number of imidazole rings is 1. The molecule has 4 rings (SSSR count). The maximum atomic E-state index is 13.0. The van der Waals surface area contributed by atoms with Gasteiger partial charge in [0.1, 0.15) is 12.6 Å². The SMILES string of the molecule is Cn1c(=O)c2c(nc(NCc3ccccc3)n2CC(O)C[NH2+]CCc2ccccc2)n(C)c1=O.[Cl-]. The maximum Gasteiger partial charge on any atom is 0.332 e. The minimum Gasteiger partial charge on any atom is -1.00 e. The molecule has 2 aromatic carbocycles. The zero-order valence-corrected chi connectivity index (χ0v) is 20.7. The number of fused-ring (bicyclic) bond motifs is 1. The second-order valence-corrected chi connectivity index (χ2v) is 8.47. The molecule has 4 aromatic rings. The molecule has 2 aromatic heterocycles. The normalized spacial score (nSPS) is 11.9. The minimum absolute atomic E-state index is 0. The van der Waals surface area contributed by atoms with E-state index in [0.29, 0.717) is 30.2 Å². The first-order chi connectivity index (χ1) is 16.5. The van der Waals surface area contributed by atoms with E-state index < -0.39 is 17.4 Å². The molecule has 0 amide bonds. The largest absolute Gasteiger partial charge is 1.00 e. The Balaban J connectivity index is 0.00000342. The Morgan fingerprint density at radius 1 is 0.971 bits per heavy atom. The van der Waals surface area contributed by atoms with Crippen LogP contribution in [0.2, 0.25) is 0 Å². The van der Waals surface area contributed by atoms with Crippen molar-refractivity contribution in [3.63, 3.8) is 0 Å². The van der Waals surface area contributed by atoms with Crippen LogP contribution in [0.3, 0.4) is 0 Å². The fourth-order valence-corrected chi connectivity index (χ4v) is 4.05. The summed E-state index contributed by atoms with van der Waals surface area (Å²) in [6.45, 7) is 2.01. The van der Waals surface area contributed by atoms with Crippen molar-refractivity contribution in [3.05, 3.63) is 92.6 Å². The van der Waals surface area contributed by atoms with Gasteiger partial charge in [-0.1, -0.05) is 60.7 Å². The van der Waals surface area contributed by atoms with E-state index in [4.69, 9.17) is 0 Å². The molecule has 0 radical (unpaired) electrons. The molecule has 0 fully saturated rings. The number of nitrogens with zero attached hydrogens (tertiary/aromatic N) is 4. The summed E-state index contributed by atoms with van der Waals surface area (Å²) < 4.78 is 4.12. The average Bonchev–Trinajstić information content (AvgIpc) is 3.22. The molecule has 9 nitrogen and oxygen atoms in total. The molecule has 0 saturated heterocycles. The van der Waals surface area contributed by atoms with Crippen molar-refractivity contribution in [2.75, 3.05) is 18.4 Å². The lowest BCUT2D eigenvalue weighted by molar-refractivity contribution is -0.660. The van der Waals surface area contributed by atoms with E-state index in [2.05, 4.69) is 27.8 Å². The van der Waals surface area contributed by atoms with Crippen LogP contribution in [0.15, 0.2) is 70.3 Å². The van der Waals surface area contributed by atoms with E-state index in [1.165, 1.54) is 17.2 Å². The van der Waals surface area contributed by atoms with Crippen molar-refractivity contribution in [2.24, 2.45) is 14.1 Å². The lowest BCUT2D eigenvalue weighted by Gasteiger charge is -2.15. The van der Waals surface area contributed by atoms with Crippen molar-refractivity contribution in [3.8, 4) is 0 Å². The van der Waals surface area contributed by atoms with Crippen LogP contribution in [0.4, 0.5) is 5.95 Å². The van der Waals surface area contributed by atoms with Crippen LogP contribution in [-0.4, -0.2) is 43.0 Å². The van der Waals surface area contributed by atoms with Crippen LogP contribution in [0, 0.1) is 0 Å². The number of aromatic nitrogens is 4. The Hall–Kier alpha value is -3.40. The van der Waals surface area contributed by atoms with Gasteiger partial charge >= 0.3 is 5.69 Å². The molecular weight excluding hydrogens is 468 g/mol. The van der Waals surface area contributed by atoms with Gasteiger partial charge in [-0.3, -0.25) is 13.9 Å². The molecule has 0 spiro atoms. The minimum atomic E-state index is -0.701. The lowest BCUT2D eigenvalue weighted by atomic mass is 10.1. The summed E-state index contributed by atoms with van der Waals surface area (Å²) in [5.74, 6) is 0.445. The number of quaternary nitrogens is 1. The molecule has 0 aliphatic carbocycles. The molecule has 1 atom stereocenters. The third-order valence-corrected chi connectivity index (χ3v) is 5.95. The topological polar surface area (TPSA) is 111 Å². The van der Waals surface area contributed by atoms with Crippen LogP contribution >= 0.6 is 0 Å². The number of nitrogens with two attached hydrogens (primary N) is 1. The predicted molar refractivity (Wildman–Crippen MR) is 132 cm³/mol. The maximum absolute atomic E-state index is 13.0. The number of aliphatic hydroxyl groups excluding tert-OH is 1. The molecule has 0 saturated carbocycles. The number of aliphatic hydroxyl groups is 1. The van der Waals surface area contributed by atoms with E-state index >= 15 is 0 Å². The number of hydrogen-bond donors (Lipinski definition) is 3. The summed E-state index contributed by atoms with van der Waals surface area (Å²) in [6, 6.07) is 20.1. The van der Waals surface area contributed by atoms with Crippen LogP contribution in [0.1, 0.15) is 11.1 Å². The highest BCUT2D eigenvalue weighted by Crippen LogP contribution is 2.17. The molecule has 4 N–H and O–H groups in total. The molecule has 1 unspecified atom stereocenters. The number of aryl methyl sites for hydroxylation is 1. The third kappa shape index (κ3) is 6.00. The average molecular weight is 499 g/mol. The van der Waals surface area contributed by atoms with Gasteiger partial charge in [0.15, 0.2) is 11.2 Å². The molecule has 0 aliphatic heterocycles. The van der Waals surface area contributed by atoms with Gasteiger partial charge in [0, 0.05) is 27.1 Å². The van der Waals surface area contributed by atoms with Crippen molar-refractivity contribution >= 4 is 17.1 Å². The van der Waals surface area contributed by atoms with Crippen molar-refractivity contribution < 1.29 is 22.8 Å². The summed E-state index contributed by atoms with van der Waals surface area (Å²) in [5.41, 5.74) is 2.03. The first-order valence-corrected chi connectivity index (χ1v) is 11.4. The molecule has 35 heavy (non-hydrogen) atoms. The Morgan fingerprint density at radius 2 is 1.60 bits per heavy atom. The Bertz CT molecular complexity index is 1370. The number of nitrogens with one attached hydrogen (secondary N) is 1. The summed E-state index contributed by atoms with van der Waals surface area (Å²) in [6.07, 6.45) is 0.209. The van der Waals surface area contributed by atoms with Gasteiger partial charge in [-0.25, -0.2) is 4.79 Å². The smallest absolute Gasteiger partial charge is 0.332 e. The molecule has 0 bridgehead atoms. The second kappa shape index (κ2) is 11.8. The van der Waals surface area contributed by atoms with Crippen LogP contribution in [0.5, 0.6) is 0 Å². The first kappa shape index (κ1) is 26.2. The molecular formula is C25H31ClN6O3. The Morgan fingerprint density at radius 3 is 2.26 bits per heavy atom. The summed E-state index contributed by atoms with van der Waals surface area (Å²) in [4.78, 5) is 30.0.